The van der Waals surface area contributed by atoms with Crippen LogP contribution < -0.4 is 11.0 Å². The van der Waals surface area contributed by atoms with Gasteiger partial charge in [-0.2, -0.15) is 4.68 Å². The lowest BCUT2D eigenvalue weighted by Gasteiger charge is -2.06. The van der Waals surface area contributed by atoms with Crippen molar-refractivity contribution in [3.05, 3.63) is 70.1 Å². The van der Waals surface area contributed by atoms with Crippen molar-refractivity contribution in [2.75, 3.05) is 6.54 Å². The molecule has 0 radical (unpaired) electrons. The minimum atomic E-state index is -0.363. The van der Waals surface area contributed by atoms with Crippen molar-refractivity contribution in [1.82, 2.24) is 19.7 Å². The Morgan fingerprint density at radius 2 is 1.81 bits per heavy atom. The van der Waals surface area contributed by atoms with Gasteiger partial charge in [0.2, 0.25) is 5.91 Å². The zero-order valence-corrected chi connectivity index (χ0v) is 15.4. The van der Waals surface area contributed by atoms with Crippen LogP contribution in [0.15, 0.2) is 59.4 Å². The lowest BCUT2D eigenvalue weighted by molar-refractivity contribution is -0.121. The summed E-state index contributed by atoms with van der Waals surface area (Å²) in [6.07, 6.45) is 2.31. The van der Waals surface area contributed by atoms with E-state index in [9.17, 15) is 9.59 Å². The Morgan fingerprint density at radius 3 is 2.48 bits per heavy atom. The van der Waals surface area contributed by atoms with Crippen LogP contribution in [0.3, 0.4) is 0 Å². The number of benzene rings is 2. The fourth-order valence-electron chi connectivity index (χ4n) is 2.87. The fourth-order valence-corrected chi connectivity index (χ4v) is 3.00. The van der Waals surface area contributed by atoms with Gasteiger partial charge in [0.25, 0.3) is 0 Å². The lowest BCUT2D eigenvalue weighted by atomic mass is 10.2. The predicted octanol–water partition coefficient (Wildman–Crippen LogP) is 2.88. The molecule has 0 spiro atoms. The Balaban J connectivity index is 1.71. The van der Waals surface area contributed by atoms with E-state index in [1.165, 1.54) is 9.25 Å². The first-order valence-electron chi connectivity index (χ1n) is 8.90. The number of aromatic nitrogens is 3. The van der Waals surface area contributed by atoms with E-state index >= 15 is 0 Å². The molecule has 7 heteroatoms. The van der Waals surface area contributed by atoms with Crippen molar-refractivity contribution in [1.29, 1.82) is 0 Å². The molecule has 0 atom stereocenters. The number of carbonyl (C=O) groups excluding carboxylic acids is 1. The number of hydrogen-bond donors (Lipinski definition) is 1. The summed E-state index contributed by atoms with van der Waals surface area (Å²) in [5.41, 5.74) is 1.01. The molecule has 0 saturated heterocycles. The van der Waals surface area contributed by atoms with Crippen LogP contribution in [-0.2, 0) is 11.3 Å². The van der Waals surface area contributed by atoms with Gasteiger partial charge < -0.3 is 5.32 Å². The van der Waals surface area contributed by atoms with Crippen LogP contribution in [0.4, 0.5) is 0 Å². The van der Waals surface area contributed by atoms with Crippen molar-refractivity contribution in [3.8, 4) is 17.1 Å². The summed E-state index contributed by atoms with van der Waals surface area (Å²) in [7, 11) is 0. The third-order valence-corrected chi connectivity index (χ3v) is 4.80. The van der Waals surface area contributed by atoms with E-state index in [2.05, 4.69) is 10.4 Å². The first kappa shape index (κ1) is 17.5. The highest BCUT2D eigenvalue weighted by molar-refractivity contribution is 6.30. The number of amides is 1. The van der Waals surface area contributed by atoms with Crippen LogP contribution in [0.1, 0.15) is 12.8 Å². The van der Waals surface area contributed by atoms with Gasteiger partial charge in [-0.25, -0.2) is 4.79 Å². The summed E-state index contributed by atoms with van der Waals surface area (Å²) >= 11 is 5.94. The molecular weight excluding hydrogens is 364 g/mol. The van der Waals surface area contributed by atoms with Gasteiger partial charge in [0.05, 0.1) is 5.69 Å². The molecule has 3 aromatic rings. The highest BCUT2D eigenvalue weighted by atomic mass is 35.5. The van der Waals surface area contributed by atoms with Crippen LogP contribution in [-0.4, -0.2) is 26.8 Å². The van der Waals surface area contributed by atoms with Crippen LogP contribution in [0.25, 0.3) is 17.1 Å². The molecule has 1 aliphatic rings. The van der Waals surface area contributed by atoms with E-state index in [0.717, 1.165) is 18.4 Å². The molecule has 1 fully saturated rings. The molecule has 0 aliphatic heterocycles. The Hall–Kier alpha value is -2.86. The first-order valence-corrected chi connectivity index (χ1v) is 9.27. The van der Waals surface area contributed by atoms with Gasteiger partial charge in [0.1, 0.15) is 6.54 Å². The van der Waals surface area contributed by atoms with Crippen LogP contribution in [0, 0.1) is 5.92 Å². The van der Waals surface area contributed by atoms with Crippen molar-refractivity contribution in [3.63, 3.8) is 0 Å². The van der Waals surface area contributed by atoms with Gasteiger partial charge in [-0.3, -0.25) is 9.36 Å². The van der Waals surface area contributed by atoms with E-state index in [4.69, 9.17) is 11.6 Å². The monoisotopic (exact) mass is 382 g/mol. The van der Waals surface area contributed by atoms with E-state index in [1.807, 2.05) is 30.3 Å². The Kier molecular flexibility index (Phi) is 4.81. The summed E-state index contributed by atoms with van der Waals surface area (Å²) in [5, 5.41) is 7.96. The van der Waals surface area contributed by atoms with Gasteiger partial charge in [-0.15, -0.1) is 5.10 Å². The summed E-state index contributed by atoms with van der Waals surface area (Å²) in [6.45, 7) is 0.600. The zero-order valence-electron chi connectivity index (χ0n) is 14.6. The number of hydrogen-bond acceptors (Lipinski definition) is 3. The third-order valence-electron chi connectivity index (χ3n) is 4.55. The molecule has 1 N–H and O–H groups in total. The minimum Gasteiger partial charge on any atom is -0.354 e. The van der Waals surface area contributed by atoms with Crippen molar-refractivity contribution < 1.29 is 4.79 Å². The highest BCUT2D eigenvalue weighted by Crippen LogP contribution is 2.27. The number of halogens is 1. The molecular formula is C20H19ClN4O2. The number of nitrogens with one attached hydrogen (secondary N) is 1. The normalized spacial score (nSPS) is 13.5. The van der Waals surface area contributed by atoms with E-state index in [0.29, 0.717) is 29.0 Å². The maximum atomic E-state index is 13.0. The molecule has 2 aromatic carbocycles. The third kappa shape index (κ3) is 3.95. The first-order chi connectivity index (χ1) is 13.1. The smallest absolute Gasteiger partial charge is 0.351 e. The largest absolute Gasteiger partial charge is 0.354 e. The average Bonchev–Trinajstić information content (AvgIpc) is 3.46. The summed E-state index contributed by atoms with van der Waals surface area (Å²) < 4.78 is 2.71. The number of rotatable bonds is 6. The second-order valence-corrected chi connectivity index (χ2v) is 7.13. The Labute approximate surface area is 161 Å². The lowest BCUT2D eigenvalue weighted by Crippen LogP contribution is -2.34. The molecule has 138 valence electrons. The standard InChI is InChI=1S/C20H19ClN4O2/c21-16-8-10-17(11-9-16)25-20(27)24(13-18(26)22-12-14-6-7-14)19(23-25)15-4-2-1-3-5-15/h1-5,8-11,14H,6-7,12-13H2,(H,22,26). The quantitative estimate of drug-likeness (QED) is 0.712. The molecule has 1 aliphatic carbocycles. The highest BCUT2D eigenvalue weighted by Gasteiger charge is 2.23. The molecule has 27 heavy (non-hydrogen) atoms. The second kappa shape index (κ2) is 7.40. The van der Waals surface area contributed by atoms with Crippen LogP contribution in [0.2, 0.25) is 5.02 Å². The minimum absolute atomic E-state index is 0.0661. The predicted molar refractivity (Wildman–Crippen MR) is 104 cm³/mol. The van der Waals surface area contributed by atoms with Crippen molar-refractivity contribution >= 4 is 17.5 Å². The average molecular weight is 383 g/mol. The SMILES string of the molecule is O=C(Cn1c(-c2ccccc2)nn(-c2ccc(Cl)cc2)c1=O)NCC1CC1. The molecule has 4 rings (SSSR count). The van der Waals surface area contributed by atoms with Gasteiger partial charge in [-0.1, -0.05) is 41.9 Å². The van der Waals surface area contributed by atoms with Crippen molar-refractivity contribution in [2.45, 2.75) is 19.4 Å². The molecule has 0 unspecified atom stereocenters. The van der Waals surface area contributed by atoms with E-state index in [1.54, 1.807) is 24.3 Å². The molecule has 0 bridgehead atoms. The van der Waals surface area contributed by atoms with E-state index < -0.39 is 0 Å². The van der Waals surface area contributed by atoms with Crippen molar-refractivity contribution in [2.24, 2.45) is 5.92 Å². The number of carbonyl (C=O) groups is 1. The molecule has 1 aromatic heterocycles. The maximum absolute atomic E-state index is 13.0. The van der Waals surface area contributed by atoms with Gasteiger partial charge >= 0.3 is 5.69 Å². The molecule has 1 heterocycles. The van der Waals surface area contributed by atoms with Crippen LogP contribution in [0.5, 0.6) is 0 Å². The molecule has 1 amide bonds. The van der Waals surface area contributed by atoms with Gasteiger partial charge in [0, 0.05) is 17.1 Å². The fraction of sp³-hybridized carbons (Fsp3) is 0.250. The van der Waals surface area contributed by atoms with Crippen LogP contribution >= 0.6 is 11.6 Å². The Bertz CT molecular complexity index is 1000. The molecule has 1 saturated carbocycles. The summed E-state index contributed by atoms with van der Waals surface area (Å²) in [6, 6.07) is 16.2. The summed E-state index contributed by atoms with van der Waals surface area (Å²) in [5.74, 6) is 0.852. The van der Waals surface area contributed by atoms with Gasteiger partial charge in [0.15, 0.2) is 5.82 Å². The molecule has 6 nitrogen and oxygen atoms in total. The van der Waals surface area contributed by atoms with Gasteiger partial charge in [-0.05, 0) is 43.0 Å². The topological polar surface area (TPSA) is 68.9 Å². The van der Waals surface area contributed by atoms with E-state index in [-0.39, 0.29) is 18.1 Å². The number of nitrogens with zero attached hydrogens (tertiary/aromatic N) is 3. The maximum Gasteiger partial charge on any atom is 0.351 e. The second-order valence-electron chi connectivity index (χ2n) is 6.69. The summed E-state index contributed by atoms with van der Waals surface area (Å²) in [4.78, 5) is 25.3. The zero-order chi connectivity index (χ0) is 18.8. The Morgan fingerprint density at radius 1 is 1.11 bits per heavy atom.